The van der Waals surface area contributed by atoms with Crippen LogP contribution in [-0.2, 0) is 10.8 Å². The largest absolute Gasteiger partial charge is 0.316 e. The maximum atomic E-state index is 6.17. The molecular formula is C28H34Cl4N2. The van der Waals surface area contributed by atoms with Crippen molar-refractivity contribution in [2.24, 2.45) is 11.8 Å². The third-order valence-corrected chi connectivity index (χ3v) is 10.5. The van der Waals surface area contributed by atoms with Crippen LogP contribution < -0.4 is 10.6 Å². The average Bonchev–Trinajstić information content (AvgIpc) is 3.48. The van der Waals surface area contributed by atoms with Crippen LogP contribution in [0.1, 0.15) is 62.5 Å². The number of hydrogen-bond acceptors (Lipinski definition) is 2. The maximum Gasteiger partial charge on any atom is 0.0595 e. The lowest BCUT2D eigenvalue weighted by molar-refractivity contribution is 0.243. The molecule has 2 aliphatic carbocycles. The maximum absolute atomic E-state index is 6.17. The van der Waals surface area contributed by atoms with E-state index in [0.717, 1.165) is 38.0 Å². The zero-order chi connectivity index (χ0) is 23.8. The Morgan fingerprint density at radius 1 is 0.588 bits per heavy atom. The molecule has 184 valence electrons. The van der Waals surface area contributed by atoms with Gasteiger partial charge in [0.05, 0.1) is 20.1 Å². The van der Waals surface area contributed by atoms with E-state index in [1.807, 2.05) is 12.1 Å². The number of fused-ring (bicyclic) bond motifs is 2. The molecular weight excluding hydrogens is 506 g/mol. The molecule has 0 bridgehead atoms. The Morgan fingerprint density at radius 3 is 1.44 bits per heavy atom. The van der Waals surface area contributed by atoms with Gasteiger partial charge >= 0.3 is 0 Å². The monoisotopic (exact) mass is 538 g/mol. The van der Waals surface area contributed by atoms with Crippen LogP contribution in [0.3, 0.4) is 0 Å². The summed E-state index contributed by atoms with van der Waals surface area (Å²) < 4.78 is 0. The van der Waals surface area contributed by atoms with E-state index >= 15 is 0 Å². The second-order valence-electron chi connectivity index (χ2n) is 10.7. The summed E-state index contributed by atoms with van der Waals surface area (Å²) >= 11 is 24.4. The topological polar surface area (TPSA) is 24.1 Å². The van der Waals surface area contributed by atoms with Gasteiger partial charge in [0.15, 0.2) is 0 Å². The number of rotatable bonds is 2. The molecule has 2 saturated carbocycles. The highest BCUT2D eigenvalue weighted by molar-refractivity contribution is 6.42. The van der Waals surface area contributed by atoms with Gasteiger partial charge in [-0.15, -0.1) is 0 Å². The van der Waals surface area contributed by atoms with Crippen molar-refractivity contribution in [1.29, 1.82) is 0 Å². The summed E-state index contributed by atoms with van der Waals surface area (Å²) in [5, 5.41) is 9.82. The number of hydrogen-bond donors (Lipinski definition) is 2. The Morgan fingerprint density at radius 2 is 1.03 bits per heavy atom. The first-order chi connectivity index (χ1) is 16.4. The van der Waals surface area contributed by atoms with E-state index in [1.165, 1.54) is 62.5 Å². The summed E-state index contributed by atoms with van der Waals surface area (Å²) in [6.07, 6.45) is 10.6. The lowest BCUT2D eigenvalue weighted by Gasteiger charge is -2.39. The molecule has 2 nitrogen and oxygen atoms in total. The van der Waals surface area contributed by atoms with Crippen molar-refractivity contribution < 1.29 is 0 Å². The molecule has 1 unspecified atom stereocenters. The van der Waals surface area contributed by atoms with E-state index in [0.29, 0.717) is 30.9 Å². The van der Waals surface area contributed by atoms with Crippen LogP contribution in [0.2, 0.25) is 20.1 Å². The average molecular weight is 540 g/mol. The van der Waals surface area contributed by atoms with Crippen LogP contribution in [0.5, 0.6) is 0 Å². The highest BCUT2D eigenvalue weighted by Gasteiger charge is 2.46. The smallest absolute Gasteiger partial charge is 0.0595 e. The fourth-order valence-corrected chi connectivity index (χ4v) is 7.79. The van der Waals surface area contributed by atoms with Gasteiger partial charge in [-0.2, -0.15) is 0 Å². The van der Waals surface area contributed by atoms with E-state index in [2.05, 4.69) is 34.9 Å². The summed E-state index contributed by atoms with van der Waals surface area (Å²) in [5.74, 6) is 1.54. The SMILES string of the molecule is Clc1ccc([C@@]23CCCCC2CNC3)cc1Cl.Clc1ccc([C@]23CCCC[C@H]2CNC3)cc1Cl. The van der Waals surface area contributed by atoms with Gasteiger partial charge in [0, 0.05) is 23.9 Å². The van der Waals surface area contributed by atoms with Crippen molar-refractivity contribution in [2.45, 2.75) is 62.2 Å². The Hall–Kier alpha value is -0.480. The molecule has 0 radical (unpaired) electrons. The molecule has 2 heterocycles. The van der Waals surface area contributed by atoms with Crippen molar-refractivity contribution in [3.8, 4) is 0 Å². The fraction of sp³-hybridized carbons (Fsp3) is 0.571. The van der Waals surface area contributed by atoms with Crippen LogP contribution in [-0.4, -0.2) is 26.2 Å². The molecule has 2 aromatic carbocycles. The van der Waals surface area contributed by atoms with Crippen LogP contribution in [0.4, 0.5) is 0 Å². The molecule has 2 aromatic rings. The van der Waals surface area contributed by atoms with E-state index in [9.17, 15) is 0 Å². The normalized spacial score (nSPS) is 32.5. The van der Waals surface area contributed by atoms with Gasteiger partial charge in [-0.05, 0) is 86.0 Å². The van der Waals surface area contributed by atoms with Gasteiger partial charge in [0.25, 0.3) is 0 Å². The van der Waals surface area contributed by atoms with Gasteiger partial charge < -0.3 is 10.6 Å². The highest BCUT2D eigenvalue weighted by Crippen LogP contribution is 2.48. The van der Waals surface area contributed by atoms with Crippen molar-refractivity contribution >= 4 is 46.4 Å². The van der Waals surface area contributed by atoms with Crippen molar-refractivity contribution in [1.82, 2.24) is 10.6 Å². The first kappa shape index (κ1) is 25.2. The van der Waals surface area contributed by atoms with Crippen LogP contribution >= 0.6 is 46.4 Å². The Balaban J connectivity index is 0.000000142. The zero-order valence-corrected chi connectivity index (χ0v) is 22.6. The van der Waals surface area contributed by atoms with Crippen molar-refractivity contribution in [3.05, 3.63) is 67.6 Å². The van der Waals surface area contributed by atoms with E-state index in [4.69, 9.17) is 46.4 Å². The van der Waals surface area contributed by atoms with Gasteiger partial charge in [-0.1, -0.05) is 84.2 Å². The second kappa shape index (κ2) is 10.5. The molecule has 0 spiro atoms. The molecule has 6 heteroatoms. The lowest BCUT2D eigenvalue weighted by Crippen LogP contribution is -2.37. The van der Waals surface area contributed by atoms with Crippen molar-refractivity contribution in [3.63, 3.8) is 0 Å². The number of halogens is 4. The molecule has 4 fully saturated rings. The second-order valence-corrected chi connectivity index (χ2v) is 12.3. The number of benzene rings is 2. The molecule has 4 aliphatic rings. The van der Waals surface area contributed by atoms with E-state index in [1.54, 1.807) is 0 Å². The minimum absolute atomic E-state index is 0.312. The predicted molar refractivity (Wildman–Crippen MR) is 146 cm³/mol. The summed E-state index contributed by atoms with van der Waals surface area (Å²) in [6.45, 7) is 4.49. The van der Waals surface area contributed by atoms with Crippen LogP contribution in [0, 0.1) is 11.8 Å². The Bertz CT molecular complexity index is 946. The summed E-state index contributed by atoms with van der Waals surface area (Å²) in [6, 6.07) is 12.4. The summed E-state index contributed by atoms with van der Waals surface area (Å²) in [5.41, 5.74) is 3.38. The Kier molecular flexibility index (Phi) is 7.76. The van der Waals surface area contributed by atoms with Gasteiger partial charge in [0.1, 0.15) is 0 Å². The van der Waals surface area contributed by atoms with Crippen molar-refractivity contribution in [2.75, 3.05) is 26.2 Å². The molecule has 0 aromatic heterocycles. The predicted octanol–water partition coefficient (Wildman–Crippen LogP) is 8.05. The minimum atomic E-state index is 0.312. The molecule has 6 rings (SSSR count). The Labute approximate surface area is 224 Å². The highest BCUT2D eigenvalue weighted by atomic mass is 35.5. The first-order valence-corrected chi connectivity index (χ1v) is 14.3. The summed E-state index contributed by atoms with van der Waals surface area (Å²) in [7, 11) is 0. The first-order valence-electron chi connectivity index (χ1n) is 12.8. The van der Waals surface area contributed by atoms with Gasteiger partial charge in [-0.25, -0.2) is 0 Å². The minimum Gasteiger partial charge on any atom is -0.316 e. The fourth-order valence-electron chi connectivity index (χ4n) is 7.20. The van der Waals surface area contributed by atoms with Gasteiger partial charge in [-0.3, -0.25) is 0 Å². The summed E-state index contributed by atoms with van der Waals surface area (Å²) in [4.78, 5) is 0. The van der Waals surface area contributed by atoms with Crippen LogP contribution in [0.25, 0.3) is 0 Å². The third kappa shape index (κ3) is 4.64. The van der Waals surface area contributed by atoms with Gasteiger partial charge in [0.2, 0.25) is 0 Å². The third-order valence-electron chi connectivity index (χ3n) is 9.07. The molecule has 4 atom stereocenters. The molecule has 2 N–H and O–H groups in total. The zero-order valence-electron chi connectivity index (χ0n) is 19.6. The standard InChI is InChI=1S/2C14H17Cl2N/c2*15-12-5-4-10(7-13(12)16)14-6-2-1-3-11(14)8-17-9-14/h2*4-5,7,11,17H,1-3,6,8-9H2/t11?,14-;11-,14+/m00/s1. The van der Waals surface area contributed by atoms with Crippen LogP contribution in [0.15, 0.2) is 36.4 Å². The van der Waals surface area contributed by atoms with E-state index < -0.39 is 0 Å². The number of nitrogens with one attached hydrogen (secondary N) is 2. The molecule has 2 aliphatic heterocycles. The molecule has 0 amide bonds. The lowest BCUT2D eigenvalue weighted by atomic mass is 9.64. The quantitative estimate of drug-likeness (QED) is 0.403. The molecule has 2 saturated heterocycles. The van der Waals surface area contributed by atoms with E-state index in [-0.39, 0.29) is 0 Å². The molecule has 34 heavy (non-hydrogen) atoms.